The molecular weight excluding hydrogens is 473 g/mol. The summed E-state index contributed by atoms with van der Waals surface area (Å²) in [7, 11) is -2.48. The van der Waals surface area contributed by atoms with Gasteiger partial charge < -0.3 is 9.84 Å². The predicted octanol–water partition coefficient (Wildman–Crippen LogP) is 5.53. The molecule has 1 atom stereocenters. The van der Waals surface area contributed by atoms with Crippen LogP contribution in [0.3, 0.4) is 0 Å². The third-order valence-electron chi connectivity index (χ3n) is 5.33. The van der Waals surface area contributed by atoms with Crippen molar-refractivity contribution in [1.29, 1.82) is 0 Å². The maximum atomic E-state index is 13.7. The summed E-state index contributed by atoms with van der Waals surface area (Å²) in [6, 6.07) is 15.9. The number of rotatable bonds is 6. The largest absolute Gasteiger partial charge is 0.496 e. The molecular formula is C23H19Cl2NO5S. The minimum Gasteiger partial charge on any atom is -0.496 e. The Morgan fingerprint density at radius 3 is 2.50 bits per heavy atom. The van der Waals surface area contributed by atoms with E-state index in [0.29, 0.717) is 38.7 Å². The van der Waals surface area contributed by atoms with Crippen molar-refractivity contribution in [2.75, 3.05) is 11.4 Å². The average Bonchev–Trinajstić information content (AvgIpc) is 2.75. The third kappa shape index (κ3) is 4.03. The van der Waals surface area contributed by atoms with Gasteiger partial charge in [-0.3, -0.25) is 9.10 Å². The summed E-state index contributed by atoms with van der Waals surface area (Å²) >= 11 is 12.0. The summed E-state index contributed by atoms with van der Waals surface area (Å²) in [6.07, 6.45) is -0.408. The van der Waals surface area contributed by atoms with E-state index in [9.17, 15) is 18.3 Å². The fourth-order valence-electron chi connectivity index (χ4n) is 4.07. The highest BCUT2D eigenvalue weighted by molar-refractivity contribution is 7.92. The Labute approximate surface area is 196 Å². The summed E-state index contributed by atoms with van der Waals surface area (Å²) < 4.78 is 34.1. The Kier molecular flexibility index (Phi) is 6.07. The van der Waals surface area contributed by atoms with Gasteiger partial charge >= 0.3 is 5.97 Å². The van der Waals surface area contributed by atoms with Gasteiger partial charge in [0, 0.05) is 11.1 Å². The summed E-state index contributed by atoms with van der Waals surface area (Å²) in [5, 5.41) is 10.2. The Bertz CT molecular complexity index is 1310. The standard InChI is InChI=1S/C23H19Cl2NO5S/c1-31-21-8-4-6-16-20(12-22(27)28)26(19-7-3-2-5-15(19)23(16)21)32(29,30)13-14-9-10-17(24)18(25)11-14/h2-11,20H,12-13H2,1H3,(H,27,28). The van der Waals surface area contributed by atoms with Gasteiger partial charge in [-0.15, -0.1) is 0 Å². The number of methoxy groups -OCH3 is 1. The first-order valence-electron chi connectivity index (χ1n) is 9.67. The van der Waals surface area contributed by atoms with Crippen LogP contribution < -0.4 is 9.04 Å². The highest BCUT2D eigenvalue weighted by Crippen LogP contribution is 2.50. The Balaban J connectivity index is 1.91. The maximum absolute atomic E-state index is 13.7. The lowest BCUT2D eigenvalue weighted by molar-refractivity contribution is -0.137. The molecule has 32 heavy (non-hydrogen) atoms. The van der Waals surface area contributed by atoms with E-state index >= 15 is 0 Å². The van der Waals surface area contributed by atoms with Crippen LogP contribution in [0.25, 0.3) is 11.1 Å². The Morgan fingerprint density at radius 2 is 1.81 bits per heavy atom. The highest BCUT2D eigenvalue weighted by atomic mass is 35.5. The summed E-state index contributed by atoms with van der Waals surface area (Å²) in [5.41, 5.74) is 2.76. The van der Waals surface area contributed by atoms with Crippen molar-refractivity contribution in [1.82, 2.24) is 0 Å². The van der Waals surface area contributed by atoms with Crippen LogP contribution >= 0.6 is 23.2 Å². The van der Waals surface area contributed by atoms with E-state index in [1.807, 2.05) is 0 Å². The molecule has 1 aliphatic rings. The second kappa shape index (κ2) is 8.65. The zero-order valence-corrected chi connectivity index (χ0v) is 19.3. The lowest BCUT2D eigenvalue weighted by Crippen LogP contribution is -2.39. The van der Waals surface area contributed by atoms with E-state index in [4.69, 9.17) is 27.9 Å². The van der Waals surface area contributed by atoms with Gasteiger partial charge in [0.15, 0.2) is 0 Å². The summed E-state index contributed by atoms with van der Waals surface area (Å²) in [4.78, 5) is 11.8. The van der Waals surface area contributed by atoms with E-state index in [0.717, 1.165) is 0 Å². The van der Waals surface area contributed by atoms with E-state index < -0.39 is 28.5 Å². The number of nitrogens with zero attached hydrogens (tertiary/aromatic N) is 1. The van der Waals surface area contributed by atoms with Crippen LogP contribution in [0.1, 0.15) is 23.6 Å². The van der Waals surface area contributed by atoms with E-state index in [2.05, 4.69) is 0 Å². The van der Waals surface area contributed by atoms with E-state index in [-0.39, 0.29) is 10.8 Å². The second-order valence-electron chi connectivity index (χ2n) is 7.36. The van der Waals surface area contributed by atoms with Gasteiger partial charge in [0.1, 0.15) is 5.75 Å². The molecule has 0 aromatic heterocycles. The highest BCUT2D eigenvalue weighted by Gasteiger charge is 2.40. The van der Waals surface area contributed by atoms with Crippen molar-refractivity contribution < 1.29 is 23.1 Å². The minimum absolute atomic E-state index is 0.246. The van der Waals surface area contributed by atoms with Crippen LogP contribution in [0, 0.1) is 0 Å². The molecule has 0 bridgehead atoms. The normalized spacial score (nSPS) is 15.1. The van der Waals surface area contributed by atoms with Gasteiger partial charge in [-0.05, 0) is 35.4 Å². The van der Waals surface area contributed by atoms with E-state index in [1.165, 1.54) is 23.5 Å². The number of halogens is 2. The molecule has 1 heterocycles. The molecule has 1 aliphatic heterocycles. The summed E-state index contributed by atoms with van der Waals surface area (Å²) in [5.74, 6) is -0.932. The monoisotopic (exact) mass is 491 g/mol. The zero-order chi connectivity index (χ0) is 23.0. The molecule has 0 saturated carbocycles. The molecule has 0 aliphatic carbocycles. The molecule has 0 fully saturated rings. The first-order chi connectivity index (χ1) is 15.2. The van der Waals surface area contributed by atoms with Crippen molar-refractivity contribution >= 4 is 44.9 Å². The van der Waals surface area contributed by atoms with Gasteiger partial charge in [-0.1, -0.05) is 59.6 Å². The molecule has 0 spiro atoms. The minimum atomic E-state index is -4.01. The number of hydrogen-bond acceptors (Lipinski definition) is 4. The molecule has 0 saturated heterocycles. The lowest BCUT2D eigenvalue weighted by atomic mass is 9.87. The number of fused-ring (bicyclic) bond motifs is 3. The van der Waals surface area contributed by atoms with Crippen molar-refractivity contribution in [3.8, 4) is 16.9 Å². The van der Waals surface area contributed by atoms with Crippen molar-refractivity contribution in [3.05, 3.63) is 81.8 Å². The van der Waals surface area contributed by atoms with Gasteiger partial charge in [-0.25, -0.2) is 8.42 Å². The van der Waals surface area contributed by atoms with Gasteiger partial charge in [-0.2, -0.15) is 0 Å². The Morgan fingerprint density at radius 1 is 1.06 bits per heavy atom. The lowest BCUT2D eigenvalue weighted by Gasteiger charge is -2.39. The van der Waals surface area contributed by atoms with Crippen LogP contribution in [0.15, 0.2) is 60.7 Å². The zero-order valence-electron chi connectivity index (χ0n) is 17.0. The smallest absolute Gasteiger partial charge is 0.305 e. The van der Waals surface area contributed by atoms with Crippen molar-refractivity contribution in [3.63, 3.8) is 0 Å². The fraction of sp³-hybridized carbons (Fsp3) is 0.174. The molecule has 166 valence electrons. The van der Waals surface area contributed by atoms with Crippen LogP contribution in [-0.2, 0) is 20.6 Å². The molecule has 3 aromatic carbocycles. The quantitative estimate of drug-likeness (QED) is 0.489. The van der Waals surface area contributed by atoms with Crippen LogP contribution in [-0.4, -0.2) is 26.6 Å². The third-order valence-corrected chi connectivity index (χ3v) is 7.82. The molecule has 0 amide bonds. The number of sulfonamides is 1. The predicted molar refractivity (Wildman–Crippen MR) is 125 cm³/mol. The van der Waals surface area contributed by atoms with Gasteiger partial charge in [0.05, 0.1) is 41.1 Å². The van der Waals surface area contributed by atoms with Crippen LogP contribution in [0.2, 0.25) is 10.0 Å². The number of hydrogen-bond donors (Lipinski definition) is 1. The van der Waals surface area contributed by atoms with Gasteiger partial charge in [0.2, 0.25) is 10.0 Å². The fourth-order valence-corrected chi connectivity index (χ4v) is 6.16. The van der Waals surface area contributed by atoms with E-state index in [1.54, 1.807) is 48.5 Å². The molecule has 1 unspecified atom stereocenters. The molecule has 3 aromatic rings. The number of ether oxygens (including phenoxy) is 1. The number of para-hydroxylation sites is 1. The number of carboxylic acids is 1. The molecule has 1 N–H and O–H groups in total. The first-order valence-corrected chi connectivity index (χ1v) is 12.0. The van der Waals surface area contributed by atoms with Crippen LogP contribution in [0.5, 0.6) is 5.75 Å². The number of aliphatic carboxylic acids is 1. The number of carbonyl (C=O) groups is 1. The molecule has 6 nitrogen and oxygen atoms in total. The van der Waals surface area contributed by atoms with Crippen LogP contribution in [0.4, 0.5) is 5.69 Å². The SMILES string of the molecule is COc1cccc2c1-c1ccccc1N(S(=O)(=O)Cc1ccc(Cl)c(Cl)c1)C2CC(=O)O. The average molecular weight is 492 g/mol. The number of benzene rings is 3. The topological polar surface area (TPSA) is 83.9 Å². The second-order valence-corrected chi connectivity index (χ2v) is 10.0. The molecule has 9 heteroatoms. The number of anilines is 1. The first kappa shape index (κ1) is 22.5. The van der Waals surface area contributed by atoms with Crippen molar-refractivity contribution in [2.45, 2.75) is 18.2 Å². The maximum Gasteiger partial charge on any atom is 0.305 e. The number of carboxylic acid groups (broad SMARTS) is 1. The van der Waals surface area contributed by atoms with Gasteiger partial charge in [0.25, 0.3) is 0 Å². The summed E-state index contributed by atoms with van der Waals surface area (Å²) in [6.45, 7) is 0. The molecule has 4 rings (SSSR count). The Hall–Kier alpha value is -2.74. The van der Waals surface area contributed by atoms with Crippen molar-refractivity contribution in [2.24, 2.45) is 0 Å². The molecule has 0 radical (unpaired) electrons.